The van der Waals surface area contributed by atoms with Crippen LogP contribution in [0.25, 0.3) is 0 Å². The minimum Gasteiger partial charge on any atom is -0.385 e. The van der Waals surface area contributed by atoms with Crippen molar-refractivity contribution < 1.29 is 9.84 Å². The molecule has 1 N–H and O–H groups in total. The lowest BCUT2D eigenvalue weighted by atomic mass is 9.84. The first-order chi connectivity index (χ1) is 7.10. The Bertz CT molecular complexity index is 353. The fourth-order valence-corrected chi connectivity index (χ4v) is 2.50. The molecule has 2 unspecified atom stereocenters. The molecule has 0 aromatic heterocycles. The van der Waals surface area contributed by atoms with E-state index in [4.69, 9.17) is 4.74 Å². The third kappa shape index (κ3) is 2.41. The lowest BCUT2D eigenvalue weighted by Gasteiger charge is -2.36. The van der Waals surface area contributed by atoms with Gasteiger partial charge in [0.15, 0.2) is 0 Å². The molecule has 1 aromatic carbocycles. The standard InChI is InChI=1S/C12H15BrO2/c1-9-8-12(14,5-6-15-9)10-3-2-4-11(13)7-10/h2-4,7,9,14H,5-6,8H2,1H3. The highest BCUT2D eigenvalue weighted by Crippen LogP contribution is 2.35. The molecular weight excluding hydrogens is 256 g/mol. The van der Waals surface area contributed by atoms with Gasteiger partial charge in [0.25, 0.3) is 0 Å². The minimum absolute atomic E-state index is 0.128. The maximum absolute atomic E-state index is 10.5. The zero-order valence-corrected chi connectivity index (χ0v) is 10.3. The van der Waals surface area contributed by atoms with Crippen LogP contribution in [0.2, 0.25) is 0 Å². The number of aliphatic hydroxyl groups is 1. The van der Waals surface area contributed by atoms with Crippen molar-refractivity contribution in [1.29, 1.82) is 0 Å². The average molecular weight is 271 g/mol. The Morgan fingerprint density at radius 2 is 2.33 bits per heavy atom. The van der Waals surface area contributed by atoms with Crippen molar-refractivity contribution in [2.45, 2.75) is 31.5 Å². The normalized spacial score (nSPS) is 31.5. The van der Waals surface area contributed by atoms with Crippen molar-refractivity contribution in [3.05, 3.63) is 34.3 Å². The van der Waals surface area contributed by atoms with Gasteiger partial charge < -0.3 is 9.84 Å². The first kappa shape index (κ1) is 11.1. The van der Waals surface area contributed by atoms with Gasteiger partial charge in [-0.1, -0.05) is 28.1 Å². The monoisotopic (exact) mass is 270 g/mol. The van der Waals surface area contributed by atoms with E-state index in [9.17, 15) is 5.11 Å². The summed E-state index contributed by atoms with van der Waals surface area (Å²) in [5, 5.41) is 10.5. The van der Waals surface area contributed by atoms with Crippen LogP contribution in [0, 0.1) is 0 Å². The van der Waals surface area contributed by atoms with Gasteiger partial charge in [-0.05, 0) is 24.6 Å². The number of hydrogen-bond acceptors (Lipinski definition) is 2. The number of ether oxygens (including phenoxy) is 1. The molecule has 0 aliphatic carbocycles. The summed E-state index contributed by atoms with van der Waals surface area (Å²) in [4.78, 5) is 0. The molecule has 0 radical (unpaired) electrons. The maximum Gasteiger partial charge on any atom is 0.0943 e. The number of benzene rings is 1. The van der Waals surface area contributed by atoms with Crippen LogP contribution in [0.15, 0.2) is 28.7 Å². The van der Waals surface area contributed by atoms with Crippen LogP contribution in [-0.4, -0.2) is 17.8 Å². The van der Waals surface area contributed by atoms with Crippen LogP contribution in [0.3, 0.4) is 0 Å². The Hall–Kier alpha value is -0.380. The summed E-state index contributed by atoms with van der Waals surface area (Å²) in [6, 6.07) is 7.88. The first-order valence-corrected chi connectivity index (χ1v) is 5.99. The van der Waals surface area contributed by atoms with Crippen molar-refractivity contribution in [3.8, 4) is 0 Å². The molecule has 2 rings (SSSR count). The van der Waals surface area contributed by atoms with Gasteiger partial charge in [0.1, 0.15) is 0 Å². The summed E-state index contributed by atoms with van der Waals surface area (Å²) >= 11 is 3.43. The second-order valence-corrected chi connectivity index (χ2v) is 5.09. The molecule has 1 aromatic rings. The molecule has 2 nitrogen and oxygen atoms in total. The van der Waals surface area contributed by atoms with E-state index in [0.29, 0.717) is 19.4 Å². The van der Waals surface area contributed by atoms with Gasteiger partial charge in [0, 0.05) is 17.3 Å². The van der Waals surface area contributed by atoms with Crippen molar-refractivity contribution in [2.24, 2.45) is 0 Å². The van der Waals surface area contributed by atoms with Gasteiger partial charge in [0.2, 0.25) is 0 Å². The van der Waals surface area contributed by atoms with Crippen molar-refractivity contribution >= 4 is 15.9 Å². The molecular formula is C12H15BrO2. The van der Waals surface area contributed by atoms with Crippen LogP contribution in [0.5, 0.6) is 0 Å². The Morgan fingerprint density at radius 3 is 3.00 bits per heavy atom. The van der Waals surface area contributed by atoms with Crippen molar-refractivity contribution in [2.75, 3.05) is 6.61 Å². The maximum atomic E-state index is 10.5. The summed E-state index contributed by atoms with van der Waals surface area (Å²) in [6.45, 7) is 2.63. The summed E-state index contributed by atoms with van der Waals surface area (Å²) < 4.78 is 6.46. The minimum atomic E-state index is -0.721. The molecule has 0 spiro atoms. The van der Waals surface area contributed by atoms with E-state index < -0.39 is 5.60 Å². The van der Waals surface area contributed by atoms with E-state index in [1.54, 1.807) is 0 Å². The Labute approximate surface area is 98.4 Å². The molecule has 1 aliphatic rings. The SMILES string of the molecule is CC1CC(O)(c2cccc(Br)c2)CCO1. The quantitative estimate of drug-likeness (QED) is 0.851. The second kappa shape index (κ2) is 4.24. The highest BCUT2D eigenvalue weighted by Gasteiger charge is 2.34. The Kier molecular flexibility index (Phi) is 3.14. The fraction of sp³-hybridized carbons (Fsp3) is 0.500. The van der Waals surface area contributed by atoms with Gasteiger partial charge in [-0.15, -0.1) is 0 Å². The van der Waals surface area contributed by atoms with E-state index in [1.165, 1.54) is 0 Å². The van der Waals surface area contributed by atoms with Crippen LogP contribution in [0.1, 0.15) is 25.3 Å². The van der Waals surface area contributed by atoms with Crippen LogP contribution in [0.4, 0.5) is 0 Å². The van der Waals surface area contributed by atoms with Gasteiger partial charge in [-0.25, -0.2) is 0 Å². The van der Waals surface area contributed by atoms with Crippen LogP contribution >= 0.6 is 15.9 Å². The molecule has 1 fully saturated rings. The number of halogens is 1. The van der Waals surface area contributed by atoms with Crippen LogP contribution in [-0.2, 0) is 10.3 Å². The van der Waals surface area contributed by atoms with E-state index in [2.05, 4.69) is 15.9 Å². The summed E-state index contributed by atoms with van der Waals surface area (Å²) in [5.41, 5.74) is 0.258. The average Bonchev–Trinajstić information content (AvgIpc) is 2.17. The van der Waals surface area contributed by atoms with E-state index >= 15 is 0 Å². The Balaban J connectivity index is 2.28. The molecule has 0 bridgehead atoms. The van der Waals surface area contributed by atoms with E-state index in [0.717, 1.165) is 10.0 Å². The highest BCUT2D eigenvalue weighted by molar-refractivity contribution is 9.10. The lowest BCUT2D eigenvalue weighted by molar-refractivity contribution is -0.101. The number of hydrogen-bond donors (Lipinski definition) is 1. The third-order valence-electron chi connectivity index (χ3n) is 2.91. The lowest BCUT2D eigenvalue weighted by Crippen LogP contribution is -2.37. The molecule has 1 heterocycles. The summed E-state index contributed by atoms with van der Waals surface area (Å²) in [6.07, 6.45) is 1.47. The van der Waals surface area contributed by atoms with Gasteiger partial charge >= 0.3 is 0 Å². The largest absolute Gasteiger partial charge is 0.385 e. The molecule has 3 heteroatoms. The molecule has 15 heavy (non-hydrogen) atoms. The first-order valence-electron chi connectivity index (χ1n) is 5.20. The molecule has 0 saturated carbocycles. The van der Waals surface area contributed by atoms with Gasteiger partial charge in [-0.3, -0.25) is 0 Å². The molecule has 1 aliphatic heterocycles. The van der Waals surface area contributed by atoms with Gasteiger partial charge in [0.05, 0.1) is 18.3 Å². The van der Waals surface area contributed by atoms with Crippen molar-refractivity contribution in [3.63, 3.8) is 0 Å². The Morgan fingerprint density at radius 1 is 1.53 bits per heavy atom. The van der Waals surface area contributed by atoms with Crippen molar-refractivity contribution in [1.82, 2.24) is 0 Å². The predicted octanol–water partition coefficient (Wildman–Crippen LogP) is 2.84. The second-order valence-electron chi connectivity index (χ2n) is 4.18. The summed E-state index contributed by atoms with van der Waals surface area (Å²) in [7, 11) is 0. The molecule has 0 amide bonds. The number of rotatable bonds is 1. The third-order valence-corrected chi connectivity index (χ3v) is 3.40. The predicted molar refractivity (Wildman–Crippen MR) is 62.7 cm³/mol. The zero-order chi connectivity index (χ0) is 10.9. The topological polar surface area (TPSA) is 29.5 Å². The fourth-order valence-electron chi connectivity index (χ4n) is 2.11. The zero-order valence-electron chi connectivity index (χ0n) is 8.74. The van der Waals surface area contributed by atoms with Gasteiger partial charge in [-0.2, -0.15) is 0 Å². The highest BCUT2D eigenvalue weighted by atomic mass is 79.9. The smallest absolute Gasteiger partial charge is 0.0943 e. The molecule has 2 atom stereocenters. The molecule has 1 saturated heterocycles. The van der Waals surface area contributed by atoms with E-state index in [1.807, 2.05) is 31.2 Å². The molecule has 82 valence electrons. The van der Waals surface area contributed by atoms with E-state index in [-0.39, 0.29) is 6.10 Å². The summed E-state index contributed by atoms with van der Waals surface area (Å²) in [5.74, 6) is 0. The van der Waals surface area contributed by atoms with Crippen LogP contribution < -0.4 is 0 Å².